The van der Waals surface area contributed by atoms with E-state index in [1.54, 1.807) is 23.2 Å². The summed E-state index contributed by atoms with van der Waals surface area (Å²) in [4.78, 5) is 30.0. The summed E-state index contributed by atoms with van der Waals surface area (Å²) < 4.78 is 47.1. The maximum atomic E-state index is 13.5. The number of ether oxygens (including phenoxy) is 1. The number of amides is 1. The Morgan fingerprint density at radius 3 is 2.38 bits per heavy atom. The smallest absolute Gasteiger partial charge is 0.418 e. The van der Waals surface area contributed by atoms with E-state index in [0.717, 1.165) is 18.9 Å². The Hall–Kier alpha value is -4.02. The van der Waals surface area contributed by atoms with Crippen LogP contribution in [-0.4, -0.2) is 53.4 Å². The van der Waals surface area contributed by atoms with Gasteiger partial charge in [0, 0.05) is 37.3 Å². The van der Waals surface area contributed by atoms with Gasteiger partial charge in [-0.05, 0) is 36.6 Å². The van der Waals surface area contributed by atoms with Gasteiger partial charge >= 0.3 is 11.7 Å². The van der Waals surface area contributed by atoms with Crippen LogP contribution in [0.5, 0.6) is 5.75 Å². The molecule has 1 aromatic heterocycles. The molecule has 39 heavy (non-hydrogen) atoms. The minimum Gasteiger partial charge on any atom is -0.486 e. The summed E-state index contributed by atoms with van der Waals surface area (Å²) in [7, 11) is 0. The Morgan fingerprint density at radius 1 is 1.05 bits per heavy atom. The van der Waals surface area contributed by atoms with Gasteiger partial charge in [0.1, 0.15) is 5.69 Å². The number of nitrogen functional groups attached to an aromatic ring is 1. The predicted octanol–water partition coefficient (Wildman–Crippen LogP) is 3.90. The van der Waals surface area contributed by atoms with E-state index in [2.05, 4.69) is 12.0 Å². The zero-order valence-corrected chi connectivity index (χ0v) is 21.6. The number of carbonyl (C=O) groups is 1. The van der Waals surface area contributed by atoms with Gasteiger partial charge in [0.2, 0.25) is 11.7 Å². The molecule has 1 aliphatic heterocycles. The van der Waals surface area contributed by atoms with Crippen LogP contribution in [0.15, 0.2) is 59.5 Å². The molecule has 0 unspecified atom stereocenters. The molecule has 2 aliphatic rings. The molecular formula is C28H30F3N5O3. The fraction of sp³-hybridized carbons (Fsp3) is 0.393. The predicted molar refractivity (Wildman–Crippen MR) is 141 cm³/mol. The van der Waals surface area contributed by atoms with Crippen LogP contribution in [0.3, 0.4) is 0 Å². The number of anilines is 2. The molecule has 5 rings (SSSR count). The molecule has 3 aromatic rings. The lowest BCUT2D eigenvalue weighted by molar-refractivity contribution is -0.137. The highest BCUT2D eigenvalue weighted by Crippen LogP contribution is 2.45. The minimum absolute atomic E-state index is 0.0565. The number of rotatable bonds is 7. The first-order valence-electron chi connectivity index (χ1n) is 12.8. The number of alkyl halides is 3. The second-order valence-electron chi connectivity index (χ2n) is 10.4. The zero-order valence-electron chi connectivity index (χ0n) is 21.6. The van der Waals surface area contributed by atoms with Crippen molar-refractivity contribution in [2.75, 3.05) is 43.4 Å². The van der Waals surface area contributed by atoms with Crippen molar-refractivity contribution in [2.24, 2.45) is 5.41 Å². The number of halogens is 3. The molecule has 11 heteroatoms. The monoisotopic (exact) mass is 541 g/mol. The summed E-state index contributed by atoms with van der Waals surface area (Å²) >= 11 is 0. The van der Waals surface area contributed by atoms with Gasteiger partial charge < -0.3 is 20.3 Å². The van der Waals surface area contributed by atoms with Crippen LogP contribution in [0.25, 0.3) is 5.69 Å². The fourth-order valence-electron chi connectivity index (χ4n) is 4.63. The number of hydrogen-bond donors (Lipinski definition) is 1. The van der Waals surface area contributed by atoms with E-state index in [0.29, 0.717) is 44.2 Å². The number of aromatic nitrogens is 2. The molecule has 1 amide bonds. The van der Waals surface area contributed by atoms with Gasteiger partial charge in [-0.25, -0.2) is 0 Å². The quantitative estimate of drug-likeness (QED) is 0.456. The van der Waals surface area contributed by atoms with Crippen LogP contribution in [0.2, 0.25) is 0 Å². The lowest BCUT2D eigenvalue weighted by Crippen LogP contribution is -2.49. The third kappa shape index (κ3) is 5.71. The molecule has 206 valence electrons. The van der Waals surface area contributed by atoms with Crippen LogP contribution >= 0.6 is 0 Å². The first kappa shape index (κ1) is 26.6. The SMILES string of the molecule is CC1(COc2c(N3CCN(C(=O)Cc4cccc(C(F)(F)F)c4N)CC3)cnn(-c3ccccc3)c2=O)CC1. The van der Waals surface area contributed by atoms with Crippen LogP contribution in [0.4, 0.5) is 24.5 Å². The second-order valence-corrected chi connectivity index (χ2v) is 10.4. The normalized spacial score (nSPS) is 16.7. The van der Waals surface area contributed by atoms with Crippen molar-refractivity contribution in [1.82, 2.24) is 14.7 Å². The van der Waals surface area contributed by atoms with Gasteiger partial charge in [0.15, 0.2) is 0 Å². The standard InChI is InChI=1S/C28H30F3N5O3/c1-27(10-11-27)18-39-25-22(17-33-36(26(25)38)20-7-3-2-4-8-20)34-12-14-35(15-13-34)23(37)16-19-6-5-9-21(24(19)32)28(29,30)31/h2-9,17H,10-16,18,32H2,1H3. The van der Waals surface area contributed by atoms with Crippen LogP contribution in [0.1, 0.15) is 30.9 Å². The maximum Gasteiger partial charge on any atom is 0.418 e. The maximum absolute atomic E-state index is 13.5. The Bertz CT molecular complexity index is 1410. The Morgan fingerprint density at radius 2 is 1.74 bits per heavy atom. The first-order valence-corrected chi connectivity index (χ1v) is 12.8. The van der Waals surface area contributed by atoms with E-state index in [1.807, 2.05) is 23.1 Å². The van der Waals surface area contributed by atoms with Gasteiger partial charge in [-0.3, -0.25) is 9.59 Å². The zero-order chi connectivity index (χ0) is 27.8. The average Bonchev–Trinajstić information content (AvgIpc) is 3.66. The highest BCUT2D eigenvalue weighted by Gasteiger charge is 2.39. The summed E-state index contributed by atoms with van der Waals surface area (Å²) in [6.07, 6.45) is -1.12. The van der Waals surface area contributed by atoms with Crippen LogP contribution in [0, 0.1) is 5.41 Å². The molecule has 1 saturated carbocycles. The Kier molecular flexibility index (Phi) is 7.00. The minimum atomic E-state index is -4.59. The highest BCUT2D eigenvalue weighted by molar-refractivity contribution is 5.81. The summed E-state index contributed by atoms with van der Waals surface area (Å²) in [6, 6.07) is 12.7. The summed E-state index contributed by atoms with van der Waals surface area (Å²) in [6.45, 7) is 4.02. The van der Waals surface area contributed by atoms with Gasteiger partial charge in [-0.15, -0.1) is 0 Å². The molecule has 0 spiro atoms. The molecule has 2 heterocycles. The van der Waals surface area contributed by atoms with Crippen molar-refractivity contribution in [3.8, 4) is 11.4 Å². The summed E-state index contributed by atoms with van der Waals surface area (Å²) in [5.41, 5.74) is 5.41. The van der Waals surface area contributed by atoms with Gasteiger partial charge in [-0.2, -0.15) is 23.0 Å². The lowest BCUT2D eigenvalue weighted by Gasteiger charge is -2.36. The fourth-order valence-corrected chi connectivity index (χ4v) is 4.63. The van der Waals surface area contributed by atoms with E-state index < -0.39 is 17.4 Å². The largest absolute Gasteiger partial charge is 0.486 e. The van der Waals surface area contributed by atoms with Crippen LogP contribution in [-0.2, 0) is 17.4 Å². The Balaban J connectivity index is 1.31. The molecule has 0 bridgehead atoms. The molecular weight excluding hydrogens is 511 g/mol. The number of benzene rings is 2. The number of para-hydroxylation sites is 2. The number of nitrogens with two attached hydrogens (primary N) is 1. The third-order valence-electron chi connectivity index (χ3n) is 7.40. The molecule has 8 nitrogen and oxygen atoms in total. The second kappa shape index (κ2) is 10.3. The first-order chi connectivity index (χ1) is 18.6. The van der Waals surface area contributed by atoms with Crippen molar-refractivity contribution in [3.63, 3.8) is 0 Å². The highest BCUT2D eigenvalue weighted by atomic mass is 19.4. The van der Waals surface area contributed by atoms with Crippen molar-refractivity contribution >= 4 is 17.3 Å². The van der Waals surface area contributed by atoms with Crippen molar-refractivity contribution in [2.45, 2.75) is 32.4 Å². The van der Waals surface area contributed by atoms with E-state index in [4.69, 9.17) is 10.5 Å². The molecule has 0 radical (unpaired) electrons. The Labute approximate surface area is 223 Å². The molecule has 1 saturated heterocycles. The average molecular weight is 542 g/mol. The molecule has 2 aromatic carbocycles. The van der Waals surface area contributed by atoms with Gasteiger partial charge in [0.25, 0.3) is 0 Å². The van der Waals surface area contributed by atoms with E-state index in [9.17, 15) is 22.8 Å². The van der Waals surface area contributed by atoms with E-state index >= 15 is 0 Å². The van der Waals surface area contributed by atoms with Crippen molar-refractivity contribution in [3.05, 3.63) is 76.2 Å². The number of piperazine rings is 1. The third-order valence-corrected chi connectivity index (χ3v) is 7.40. The molecule has 1 aliphatic carbocycles. The topological polar surface area (TPSA) is 93.7 Å². The van der Waals surface area contributed by atoms with E-state index in [1.165, 1.54) is 16.8 Å². The van der Waals surface area contributed by atoms with Crippen molar-refractivity contribution in [1.29, 1.82) is 0 Å². The molecule has 2 fully saturated rings. The van der Waals surface area contributed by atoms with Gasteiger partial charge in [0.05, 0.1) is 30.5 Å². The lowest BCUT2D eigenvalue weighted by atomic mass is 10.0. The molecule has 2 N–H and O–H groups in total. The number of carbonyl (C=O) groups excluding carboxylic acids is 1. The number of nitrogens with zero attached hydrogens (tertiary/aromatic N) is 4. The molecule has 0 atom stereocenters. The summed E-state index contributed by atoms with van der Waals surface area (Å²) in [5, 5.41) is 4.39. The summed E-state index contributed by atoms with van der Waals surface area (Å²) in [5.74, 6) is -0.0880. The van der Waals surface area contributed by atoms with Crippen LogP contribution < -0.4 is 20.9 Å². The van der Waals surface area contributed by atoms with E-state index in [-0.39, 0.29) is 34.6 Å². The number of hydrogen-bond acceptors (Lipinski definition) is 6. The van der Waals surface area contributed by atoms with Gasteiger partial charge in [-0.1, -0.05) is 37.3 Å². The van der Waals surface area contributed by atoms with Crippen molar-refractivity contribution < 1.29 is 22.7 Å².